The highest BCUT2D eigenvalue weighted by atomic mass is 16.5. The van der Waals surface area contributed by atoms with Crippen LogP contribution in [-0.4, -0.2) is 12.7 Å². The van der Waals surface area contributed by atoms with Gasteiger partial charge >= 0.3 is 0 Å². The highest BCUT2D eigenvalue weighted by Gasteiger charge is 2.27. The van der Waals surface area contributed by atoms with Gasteiger partial charge in [0.15, 0.2) is 5.43 Å². The van der Waals surface area contributed by atoms with Crippen molar-refractivity contribution in [2.75, 3.05) is 7.11 Å². The van der Waals surface area contributed by atoms with Gasteiger partial charge < -0.3 is 13.9 Å². The molecule has 0 radical (unpaired) electrons. The maximum atomic E-state index is 12.6. The molecule has 4 heteroatoms. The number of hydrogen-bond acceptors (Lipinski definition) is 4. The monoisotopic (exact) mass is 336 g/mol. The molecule has 1 aliphatic rings. The van der Waals surface area contributed by atoms with Crippen molar-refractivity contribution in [2.24, 2.45) is 0 Å². The summed E-state index contributed by atoms with van der Waals surface area (Å²) in [6.45, 7) is 4.14. The minimum absolute atomic E-state index is 0.0493. The van der Waals surface area contributed by atoms with E-state index in [-0.39, 0.29) is 11.0 Å². The number of rotatable bonds is 2. The lowest BCUT2D eigenvalue weighted by Crippen LogP contribution is -2.32. The van der Waals surface area contributed by atoms with Crippen LogP contribution in [-0.2, 0) is 6.42 Å². The summed E-state index contributed by atoms with van der Waals surface area (Å²) in [7, 11) is 1.61. The SMILES string of the molecule is COc1cccc(-c2cc(=O)c3cc4c(cc3o2)OC(C)(C)CC4)c1. The van der Waals surface area contributed by atoms with Crippen LogP contribution in [0.25, 0.3) is 22.3 Å². The van der Waals surface area contributed by atoms with Crippen LogP contribution >= 0.6 is 0 Å². The number of benzene rings is 2. The molecule has 0 saturated heterocycles. The van der Waals surface area contributed by atoms with Crippen molar-refractivity contribution in [3.63, 3.8) is 0 Å². The number of hydrogen-bond donors (Lipinski definition) is 0. The summed E-state index contributed by atoms with van der Waals surface area (Å²) in [5.41, 5.74) is 2.16. The molecular weight excluding hydrogens is 316 g/mol. The van der Waals surface area contributed by atoms with E-state index in [2.05, 4.69) is 13.8 Å². The third-order valence-corrected chi connectivity index (χ3v) is 4.65. The molecule has 0 unspecified atom stereocenters. The Morgan fingerprint density at radius 3 is 2.76 bits per heavy atom. The van der Waals surface area contributed by atoms with E-state index in [0.717, 1.165) is 35.5 Å². The molecule has 2 aromatic carbocycles. The lowest BCUT2D eigenvalue weighted by molar-refractivity contribution is 0.0848. The van der Waals surface area contributed by atoms with Gasteiger partial charge in [0, 0.05) is 17.7 Å². The smallest absolute Gasteiger partial charge is 0.193 e. The first-order chi connectivity index (χ1) is 11.9. The minimum Gasteiger partial charge on any atom is -0.497 e. The summed E-state index contributed by atoms with van der Waals surface area (Å²) in [5.74, 6) is 2.04. The second-order valence-corrected chi connectivity index (χ2v) is 7.02. The number of aryl methyl sites for hydroxylation is 1. The van der Waals surface area contributed by atoms with Gasteiger partial charge in [-0.1, -0.05) is 12.1 Å². The van der Waals surface area contributed by atoms with E-state index in [1.54, 1.807) is 7.11 Å². The predicted molar refractivity (Wildman–Crippen MR) is 97.5 cm³/mol. The van der Waals surface area contributed by atoms with Crippen molar-refractivity contribution >= 4 is 11.0 Å². The largest absolute Gasteiger partial charge is 0.497 e. The van der Waals surface area contributed by atoms with Gasteiger partial charge in [0.25, 0.3) is 0 Å². The van der Waals surface area contributed by atoms with E-state index in [0.29, 0.717) is 16.7 Å². The van der Waals surface area contributed by atoms with E-state index >= 15 is 0 Å². The van der Waals surface area contributed by atoms with Crippen LogP contribution in [0.3, 0.4) is 0 Å². The Balaban J connectivity index is 1.87. The van der Waals surface area contributed by atoms with Crippen LogP contribution < -0.4 is 14.9 Å². The van der Waals surface area contributed by atoms with Crippen molar-refractivity contribution < 1.29 is 13.9 Å². The number of ether oxygens (including phenoxy) is 2. The quantitative estimate of drug-likeness (QED) is 0.688. The maximum absolute atomic E-state index is 12.6. The van der Waals surface area contributed by atoms with Crippen LogP contribution in [0.15, 0.2) is 51.7 Å². The zero-order valence-electron chi connectivity index (χ0n) is 14.6. The molecule has 0 amide bonds. The molecule has 3 aromatic rings. The molecule has 4 nitrogen and oxygen atoms in total. The van der Waals surface area contributed by atoms with Crippen molar-refractivity contribution in [3.8, 4) is 22.8 Å². The van der Waals surface area contributed by atoms with Gasteiger partial charge in [0.2, 0.25) is 0 Å². The highest BCUT2D eigenvalue weighted by molar-refractivity contribution is 5.81. The summed E-state index contributed by atoms with van der Waals surface area (Å²) < 4.78 is 17.3. The standard InChI is InChI=1S/C21H20O4/c1-21(2)8-7-14-10-16-17(22)11-18(24-20(16)12-19(14)25-21)13-5-4-6-15(9-13)23-3/h4-6,9-12H,7-8H2,1-3H3. The topological polar surface area (TPSA) is 48.7 Å². The average molecular weight is 336 g/mol. The van der Waals surface area contributed by atoms with Gasteiger partial charge in [-0.15, -0.1) is 0 Å². The van der Waals surface area contributed by atoms with Crippen LogP contribution in [0, 0.1) is 0 Å². The van der Waals surface area contributed by atoms with Crippen LogP contribution in [0.2, 0.25) is 0 Å². The third-order valence-electron chi connectivity index (χ3n) is 4.65. The van der Waals surface area contributed by atoms with Gasteiger partial charge in [-0.2, -0.15) is 0 Å². The van der Waals surface area contributed by atoms with Gasteiger partial charge in [-0.25, -0.2) is 0 Å². The molecule has 25 heavy (non-hydrogen) atoms. The van der Waals surface area contributed by atoms with Gasteiger partial charge in [0.05, 0.1) is 12.5 Å². The zero-order valence-corrected chi connectivity index (χ0v) is 14.6. The Morgan fingerprint density at radius 2 is 1.96 bits per heavy atom. The highest BCUT2D eigenvalue weighted by Crippen LogP contribution is 2.36. The Bertz CT molecular complexity index is 1010. The first kappa shape index (κ1) is 15.8. The van der Waals surface area contributed by atoms with Gasteiger partial charge in [0.1, 0.15) is 28.4 Å². The Morgan fingerprint density at radius 1 is 1.12 bits per heavy atom. The Hall–Kier alpha value is -2.75. The lowest BCUT2D eigenvalue weighted by atomic mass is 9.93. The van der Waals surface area contributed by atoms with E-state index in [9.17, 15) is 4.79 Å². The van der Waals surface area contributed by atoms with E-state index < -0.39 is 0 Å². The molecule has 128 valence electrons. The van der Waals surface area contributed by atoms with E-state index in [1.807, 2.05) is 36.4 Å². The van der Waals surface area contributed by atoms with Gasteiger partial charge in [-0.05, 0) is 50.5 Å². The van der Waals surface area contributed by atoms with Crippen molar-refractivity contribution in [2.45, 2.75) is 32.3 Å². The number of fused-ring (bicyclic) bond motifs is 2. The van der Waals surface area contributed by atoms with Crippen molar-refractivity contribution in [3.05, 3.63) is 58.3 Å². The first-order valence-electron chi connectivity index (χ1n) is 8.39. The summed E-state index contributed by atoms with van der Waals surface area (Å²) in [6.07, 6.45) is 1.83. The Labute approximate surface area is 146 Å². The maximum Gasteiger partial charge on any atom is 0.193 e. The molecule has 1 aliphatic heterocycles. The summed E-state index contributed by atoms with van der Waals surface area (Å²) >= 11 is 0. The molecule has 1 aromatic heterocycles. The minimum atomic E-state index is -0.203. The second kappa shape index (κ2) is 5.66. The fourth-order valence-corrected chi connectivity index (χ4v) is 3.22. The molecule has 0 saturated carbocycles. The molecule has 4 rings (SSSR count). The fourth-order valence-electron chi connectivity index (χ4n) is 3.22. The van der Waals surface area contributed by atoms with E-state index in [1.165, 1.54) is 6.07 Å². The molecule has 0 spiro atoms. The summed E-state index contributed by atoms with van der Waals surface area (Å²) in [6, 6.07) is 12.8. The normalized spacial score (nSPS) is 15.5. The predicted octanol–water partition coefficient (Wildman–Crippen LogP) is 4.57. The second-order valence-electron chi connectivity index (χ2n) is 7.02. The molecule has 0 aliphatic carbocycles. The van der Waals surface area contributed by atoms with Crippen LogP contribution in [0.1, 0.15) is 25.8 Å². The van der Waals surface area contributed by atoms with Crippen LogP contribution in [0.4, 0.5) is 0 Å². The van der Waals surface area contributed by atoms with Crippen molar-refractivity contribution in [1.82, 2.24) is 0 Å². The summed E-state index contributed by atoms with van der Waals surface area (Å²) in [5, 5.41) is 0.591. The zero-order chi connectivity index (χ0) is 17.6. The van der Waals surface area contributed by atoms with Crippen molar-refractivity contribution in [1.29, 1.82) is 0 Å². The van der Waals surface area contributed by atoms with Gasteiger partial charge in [-0.3, -0.25) is 4.79 Å². The molecule has 0 N–H and O–H groups in total. The third kappa shape index (κ3) is 2.88. The number of methoxy groups -OCH3 is 1. The average Bonchev–Trinajstić information content (AvgIpc) is 2.59. The molecule has 2 heterocycles. The van der Waals surface area contributed by atoms with E-state index in [4.69, 9.17) is 13.9 Å². The molecule has 0 atom stereocenters. The molecular formula is C21H20O4. The molecule has 0 bridgehead atoms. The Kier molecular flexibility index (Phi) is 3.57. The first-order valence-corrected chi connectivity index (χ1v) is 8.39. The summed E-state index contributed by atoms with van der Waals surface area (Å²) in [4.78, 5) is 12.6. The lowest BCUT2D eigenvalue weighted by Gasteiger charge is -2.32. The molecule has 0 fully saturated rings. The van der Waals surface area contributed by atoms with Crippen LogP contribution in [0.5, 0.6) is 11.5 Å². The fraction of sp³-hybridized carbons (Fsp3) is 0.286.